The van der Waals surface area contributed by atoms with E-state index in [0.717, 1.165) is 25.3 Å². The van der Waals surface area contributed by atoms with Gasteiger partial charge in [-0.25, -0.2) is 0 Å². The van der Waals surface area contributed by atoms with Gasteiger partial charge in [0, 0.05) is 12.6 Å². The zero-order chi connectivity index (χ0) is 15.0. The van der Waals surface area contributed by atoms with Crippen molar-refractivity contribution in [2.45, 2.75) is 37.6 Å². The average Bonchev–Trinajstić information content (AvgIpc) is 2.40. The van der Waals surface area contributed by atoms with Gasteiger partial charge in [-0.3, -0.25) is 4.55 Å². The zero-order valence-electron chi connectivity index (χ0n) is 12.0. The van der Waals surface area contributed by atoms with E-state index in [0.29, 0.717) is 6.04 Å². The summed E-state index contributed by atoms with van der Waals surface area (Å²) in [6, 6.07) is 6.62. The number of benzene rings is 1. The van der Waals surface area contributed by atoms with E-state index in [1.807, 2.05) is 6.92 Å². The van der Waals surface area contributed by atoms with Crippen LogP contribution in [0.2, 0.25) is 0 Å². The molecule has 0 bridgehead atoms. The van der Waals surface area contributed by atoms with Crippen molar-refractivity contribution >= 4 is 10.1 Å². The summed E-state index contributed by atoms with van der Waals surface area (Å²) in [6.45, 7) is 6.88. The Morgan fingerprint density at radius 2 is 2.00 bits per heavy atom. The Hall–Kier alpha value is -0.950. The van der Waals surface area contributed by atoms with Gasteiger partial charge >= 0.3 is 0 Å². The van der Waals surface area contributed by atoms with E-state index < -0.39 is 10.1 Å². The van der Waals surface area contributed by atoms with Gasteiger partial charge < -0.3 is 10.1 Å². The molecule has 6 heteroatoms. The van der Waals surface area contributed by atoms with Crippen LogP contribution in [-0.2, 0) is 14.9 Å². The van der Waals surface area contributed by atoms with Gasteiger partial charge in [0.25, 0.3) is 10.1 Å². The minimum absolute atomic E-state index is 0.0666. The van der Waals surface area contributed by atoms with Gasteiger partial charge in [-0.15, -0.1) is 0 Å². The van der Waals surface area contributed by atoms with Gasteiger partial charge in [-0.1, -0.05) is 31.0 Å². The predicted octanol–water partition coefficient (Wildman–Crippen LogP) is 2.02. The van der Waals surface area contributed by atoms with Gasteiger partial charge in [0.2, 0.25) is 0 Å². The van der Waals surface area contributed by atoms with Crippen LogP contribution in [0.5, 0.6) is 0 Å². The van der Waals surface area contributed by atoms with Crippen LogP contribution in [0.25, 0.3) is 0 Å². The summed E-state index contributed by atoms with van der Waals surface area (Å²) in [4.78, 5) is -0.0666. The first kappa shape index (κ1) is 17.1. The van der Waals surface area contributed by atoms with Crippen LogP contribution in [-0.4, -0.2) is 38.8 Å². The molecule has 0 aliphatic carbocycles. The maximum atomic E-state index is 10.5. The van der Waals surface area contributed by atoms with Crippen LogP contribution < -0.4 is 5.32 Å². The fourth-order valence-corrected chi connectivity index (χ4v) is 2.34. The highest BCUT2D eigenvalue weighted by molar-refractivity contribution is 7.85. The Kier molecular flexibility index (Phi) is 7.15. The third-order valence-electron chi connectivity index (χ3n) is 2.95. The average molecular weight is 301 g/mol. The van der Waals surface area contributed by atoms with Gasteiger partial charge in [0.1, 0.15) is 0 Å². The Bertz CT molecular complexity index is 476. The summed E-state index contributed by atoms with van der Waals surface area (Å²) in [7, 11) is -4.02. The minimum atomic E-state index is -4.02. The van der Waals surface area contributed by atoms with Crippen molar-refractivity contribution in [3.05, 3.63) is 29.8 Å². The molecule has 114 valence electrons. The molecule has 1 atom stereocenters. The lowest BCUT2D eigenvalue weighted by molar-refractivity contribution is 0.0740. The van der Waals surface area contributed by atoms with Crippen molar-refractivity contribution in [2.75, 3.05) is 19.8 Å². The van der Waals surface area contributed by atoms with Crippen LogP contribution in [0.1, 0.15) is 25.3 Å². The summed E-state index contributed by atoms with van der Waals surface area (Å²) >= 11 is 0. The maximum absolute atomic E-state index is 10.5. The van der Waals surface area contributed by atoms with Crippen LogP contribution in [0.3, 0.4) is 0 Å². The Morgan fingerprint density at radius 1 is 1.35 bits per heavy atom. The van der Waals surface area contributed by atoms with Crippen LogP contribution in [0, 0.1) is 6.92 Å². The fourth-order valence-electron chi connectivity index (χ4n) is 1.86. The van der Waals surface area contributed by atoms with Crippen molar-refractivity contribution in [3.63, 3.8) is 0 Å². The van der Waals surface area contributed by atoms with Crippen molar-refractivity contribution in [2.24, 2.45) is 0 Å². The second kappa shape index (κ2) is 8.36. The molecule has 1 saturated heterocycles. The molecular weight excluding hydrogens is 278 g/mol. The molecule has 1 aromatic rings. The van der Waals surface area contributed by atoms with Crippen LogP contribution in [0.4, 0.5) is 0 Å². The highest BCUT2D eigenvalue weighted by Crippen LogP contribution is 2.08. The molecule has 0 amide bonds. The fraction of sp³-hybridized carbons (Fsp3) is 0.571. The first-order valence-electron chi connectivity index (χ1n) is 6.78. The maximum Gasteiger partial charge on any atom is 0.294 e. The quantitative estimate of drug-likeness (QED) is 0.835. The van der Waals surface area contributed by atoms with E-state index in [1.54, 1.807) is 12.1 Å². The standard InChI is InChI=1S/C7H15NO.C7H8O3S/c1-2-3-7-6-9-5-4-8-7;1-6-2-4-7(5-3-6)11(8,9)10/h7-8H,2-6H2,1H3;2-5H,1H3,(H,8,9,10). The monoisotopic (exact) mass is 301 g/mol. The van der Waals surface area contributed by atoms with E-state index in [2.05, 4.69) is 12.2 Å². The second-order valence-electron chi connectivity index (χ2n) is 4.80. The van der Waals surface area contributed by atoms with Crippen LogP contribution >= 0.6 is 0 Å². The summed E-state index contributed by atoms with van der Waals surface area (Å²) < 4.78 is 34.8. The molecule has 2 rings (SSSR count). The Labute approximate surface area is 121 Å². The topological polar surface area (TPSA) is 75.6 Å². The smallest absolute Gasteiger partial charge is 0.294 e. The number of ether oxygens (including phenoxy) is 1. The molecule has 0 aromatic heterocycles. The number of rotatable bonds is 3. The van der Waals surface area contributed by atoms with Crippen molar-refractivity contribution in [3.8, 4) is 0 Å². The normalized spacial score (nSPS) is 19.1. The third kappa shape index (κ3) is 6.47. The van der Waals surface area contributed by atoms with Gasteiger partial charge in [-0.05, 0) is 25.5 Å². The molecule has 5 nitrogen and oxygen atoms in total. The van der Waals surface area contributed by atoms with Crippen LogP contribution in [0.15, 0.2) is 29.2 Å². The minimum Gasteiger partial charge on any atom is -0.379 e. The number of morpholine rings is 1. The molecule has 1 aromatic carbocycles. The SMILES string of the molecule is CCCC1COCCN1.Cc1ccc(S(=O)(=O)O)cc1. The molecule has 0 saturated carbocycles. The van der Waals surface area contributed by atoms with Gasteiger partial charge in [-0.2, -0.15) is 8.42 Å². The predicted molar refractivity (Wildman–Crippen MR) is 78.5 cm³/mol. The van der Waals surface area contributed by atoms with Crippen molar-refractivity contribution < 1.29 is 17.7 Å². The molecule has 1 fully saturated rings. The molecule has 2 N–H and O–H groups in total. The molecule has 20 heavy (non-hydrogen) atoms. The molecule has 0 spiro atoms. The van der Waals surface area contributed by atoms with E-state index >= 15 is 0 Å². The van der Waals surface area contributed by atoms with Crippen molar-refractivity contribution in [1.29, 1.82) is 0 Å². The molecule has 1 unspecified atom stereocenters. The molecular formula is C14H23NO4S. The lowest BCUT2D eigenvalue weighted by Crippen LogP contribution is -2.40. The first-order chi connectivity index (χ1) is 9.43. The molecule has 1 aliphatic rings. The lowest BCUT2D eigenvalue weighted by atomic mass is 10.2. The number of hydrogen-bond acceptors (Lipinski definition) is 4. The number of nitrogens with one attached hydrogen (secondary N) is 1. The summed E-state index contributed by atoms with van der Waals surface area (Å²) in [5.41, 5.74) is 0.956. The third-order valence-corrected chi connectivity index (χ3v) is 3.82. The first-order valence-corrected chi connectivity index (χ1v) is 8.22. The highest BCUT2D eigenvalue weighted by atomic mass is 32.2. The molecule has 1 aliphatic heterocycles. The van der Waals surface area contributed by atoms with Gasteiger partial charge in [0.15, 0.2) is 0 Å². The summed E-state index contributed by atoms with van der Waals surface area (Å²) in [5.74, 6) is 0. The zero-order valence-corrected chi connectivity index (χ0v) is 12.8. The Morgan fingerprint density at radius 3 is 2.45 bits per heavy atom. The second-order valence-corrected chi connectivity index (χ2v) is 6.22. The van der Waals surface area contributed by atoms with Crippen molar-refractivity contribution in [1.82, 2.24) is 5.32 Å². The van der Waals surface area contributed by atoms with E-state index in [1.165, 1.54) is 25.0 Å². The largest absolute Gasteiger partial charge is 0.379 e. The van der Waals surface area contributed by atoms with Gasteiger partial charge in [0.05, 0.1) is 18.1 Å². The van der Waals surface area contributed by atoms with E-state index in [9.17, 15) is 8.42 Å². The number of aryl methyl sites for hydroxylation is 1. The summed E-state index contributed by atoms with van der Waals surface area (Å²) in [5, 5.41) is 3.40. The van der Waals surface area contributed by atoms with E-state index in [4.69, 9.17) is 9.29 Å². The van der Waals surface area contributed by atoms with E-state index in [-0.39, 0.29) is 4.90 Å². The highest BCUT2D eigenvalue weighted by Gasteiger charge is 2.10. The lowest BCUT2D eigenvalue weighted by Gasteiger charge is -2.22. The summed E-state index contributed by atoms with van der Waals surface area (Å²) in [6.07, 6.45) is 2.50. The molecule has 1 heterocycles. The number of hydrogen-bond donors (Lipinski definition) is 2. The molecule has 0 radical (unpaired) electrons. The Balaban J connectivity index is 0.000000204.